The molecule has 0 aliphatic carbocycles. The zero-order chi connectivity index (χ0) is 21.8. The lowest BCUT2D eigenvalue weighted by Crippen LogP contribution is -2.30. The van der Waals surface area contributed by atoms with Gasteiger partial charge in [0.1, 0.15) is 5.76 Å². The van der Waals surface area contributed by atoms with Gasteiger partial charge in [0.2, 0.25) is 0 Å². The number of unbranched alkanes of at least 4 members (excludes halogenated alkanes) is 1. The fourth-order valence-corrected chi connectivity index (χ4v) is 3.68. The number of aryl methyl sites for hydroxylation is 1. The van der Waals surface area contributed by atoms with Gasteiger partial charge in [0.15, 0.2) is 11.5 Å². The number of carbonyl (C=O) groups is 2. The SMILES string of the molecule is CCCCN1C(=O)C(=O)/C(=C(/O)c2ccc(C)cc2)[C@@H]1c1ccc(OC)c(OC)c1. The lowest BCUT2D eigenvalue weighted by Gasteiger charge is -2.25. The first-order valence-electron chi connectivity index (χ1n) is 10.00. The van der Waals surface area contributed by atoms with Crippen LogP contribution in [0, 0.1) is 6.92 Å². The Hall–Kier alpha value is -3.28. The fourth-order valence-electron chi connectivity index (χ4n) is 3.68. The van der Waals surface area contributed by atoms with E-state index in [-0.39, 0.29) is 11.3 Å². The highest BCUT2D eigenvalue weighted by Gasteiger charge is 2.45. The summed E-state index contributed by atoms with van der Waals surface area (Å²) in [7, 11) is 3.07. The monoisotopic (exact) mass is 409 g/mol. The average Bonchev–Trinajstić information content (AvgIpc) is 3.01. The molecule has 6 heteroatoms. The van der Waals surface area contributed by atoms with Crippen molar-refractivity contribution < 1.29 is 24.2 Å². The van der Waals surface area contributed by atoms with Crippen LogP contribution in [0.25, 0.3) is 5.76 Å². The Labute approximate surface area is 176 Å². The van der Waals surface area contributed by atoms with Crippen molar-refractivity contribution in [2.45, 2.75) is 32.7 Å². The largest absolute Gasteiger partial charge is 0.507 e. The number of hydrogen-bond acceptors (Lipinski definition) is 5. The highest BCUT2D eigenvalue weighted by Crippen LogP contribution is 2.42. The number of carbonyl (C=O) groups excluding carboxylic acids is 2. The molecule has 3 rings (SSSR count). The van der Waals surface area contributed by atoms with Gasteiger partial charge in [0.05, 0.1) is 25.8 Å². The number of Topliss-reactive ketones (excluding diaryl/α,β-unsaturated/α-hetero) is 1. The van der Waals surface area contributed by atoms with Crippen LogP contribution in [0.5, 0.6) is 11.5 Å². The quantitative estimate of drug-likeness (QED) is 0.421. The second-order valence-corrected chi connectivity index (χ2v) is 7.33. The summed E-state index contributed by atoms with van der Waals surface area (Å²) < 4.78 is 10.7. The molecule has 2 aromatic carbocycles. The van der Waals surface area contributed by atoms with Crippen molar-refractivity contribution in [3.05, 3.63) is 64.7 Å². The number of likely N-dealkylation sites (tertiary alicyclic amines) is 1. The molecule has 1 heterocycles. The molecular weight excluding hydrogens is 382 g/mol. The second kappa shape index (κ2) is 9.03. The Kier molecular flexibility index (Phi) is 6.45. The van der Waals surface area contributed by atoms with Crippen molar-refractivity contribution in [1.29, 1.82) is 0 Å². The molecule has 0 bridgehead atoms. The first-order chi connectivity index (χ1) is 14.4. The van der Waals surface area contributed by atoms with Crippen LogP contribution in [0.1, 0.15) is 42.5 Å². The van der Waals surface area contributed by atoms with E-state index < -0.39 is 17.7 Å². The van der Waals surface area contributed by atoms with Crippen molar-refractivity contribution in [3.63, 3.8) is 0 Å². The summed E-state index contributed by atoms with van der Waals surface area (Å²) in [6.45, 7) is 4.39. The van der Waals surface area contributed by atoms with Crippen LogP contribution in [-0.2, 0) is 9.59 Å². The molecule has 0 unspecified atom stereocenters. The number of aliphatic hydroxyl groups is 1. The van der Waals surface area contributed by atoms with Gasteiger partial charge in [-0.25, -0.2) is 0 Å². The Morgan fingerprint density at radius 3 is 2.30 bits per heavy atom. The van der Waals surface area contributed by atoms with E-state index in [0.29, 0.717) is 29.2 Å². The number of benzene rings is 2. The van der Waals surface area contributed by atoms with Gasteiger partial charge in [0, 0.05) is 12.1 Å². The molecule has 6 nitrogen and oxygen atoms in total. The summed E-state index contributed by atoms with van der Waals surface area (Å²) in [5.74, 6) is -0.412. The van der Waals surface area contributed by atoms with Gasteiger partial charge < -0.3 is 19.5 Å². The number of hydrogen-bond donors (Lipinski definition) is 1. The number of nitrogens with zero attached hydrogens (tertiary/aromatic N) is 1. The molecule has 1 aliphatic heterocycles. The molecule has 158 valence electrons. The summed E-state index contributed by atoms with van der Waals surface area (Å²) in [5.41, 5.74) is 2.30. The van der Waals surface area contributed by atoms with Crippen molar-refractivity contribution in [2.24, 2.45) is 0 Å². The summed E-state index contributed by atoms with van der Waals surface area (Å²) in [4.78, 5) is 27.3. The topological polar surface area (TPSA) is 76.1 Å². The Balaban J connectivity index is 2.18. The van der Waals surface area contributed by atoms with Crippen LogP contribution in [-0.4, -0.2) is 42.5 Å². The van der Waals surface area contributed by atoms with Crippen LogP contribution in [0.3, 0.4) is 0 Å². The van der Waals surface area contributed by atoms with Gasteiger partial charge in [0.25, 0.3) is 11.7 Å². The van der Waals surface area contributed by atoms with E-state index in [2.05, 4.69) is 0 Å². The molecule has 1 amide bonds. The lowest BCUT2D eigenvalue weighted by atomic mass is 9.94. The van der Waals surface area contributed by atoms with Gasteiger partial charge in [-0.2, -0.15) is 0 Å². The van der Waals surface area contributed by atoms with E-state index in [1.165, 1.54) is 12.0 Å². The van der Waals surface area contributed by atoms with E-state index in [0.717, 1.165) is 18.4 Å². The zero-order valence-corrected chi connectivity index (χ0v) is 17.8. The summed E-state index contributed by atoms with van der Waals surface area (Å²) >= 11 is 0. The van der Waals surface area contributed by atoms with Gasteiger partial charge in [-0.15, -0.1) is 0 Å². The molecule has 1 aliphatic rings. The Morgan fingerprint density at radius 1 is 1.03 bits per heavy atom. The maximum atomic E-state index is 13.0. The molecule has 1 saturated heterocycles. The number of aliphatic hydroxyl groups excluding tert-OH is 1. The first-order valence-corrected chi connectivity index (χ1v) is 10.00. The van der Waals surface area contributed by atoms with E-state index in [1.807, 2.05) is 26.0 Å². The van der Waals surface area contributed by atoms with Gasteiger partial charge in [-0.3, -0.25) is 9.59 Å². The van der Waals surface area contributed by atoms with E-state index in [4.69, 9.17) is 9.47 Å². The maximum absolute atomic E-state index is 13.0. The van der Waals surface area contributed by atoms with Crippen LogP contribution >= 0.6 is 0 Å². The number of amides is 1. The predicted molar refractivity (Wildman–Crippen MR) is 115 cm³/mol. The van der Waals surface area contributed by atoms with Crippen molar-refractivity contribution >= 4 is 17.4 Å². The molecular formula is C24H27NO5. The maximum Gasteiger partial charge on any atom is 0.295 e. The zero-order valence-electron chi connectivity index (χ0n) is 17.8. The van der Waals surface area contributed by atoms with Crippen LogP contribution in [0.15, 0.2) is 48.0 Å². The first kappa shape index (κ1) is 21.4. The minimum absolute atomic E-state index is 0.0900. The third-order valence-corrected chi connectivity index (χ3v) is 5.34. The normalized spacial score (nSPS) is 18.0. The second-order valence-electron chi connectivity index (χ2n) is 7.33. The van der Waals surface area contributed by atoms with Crippen LogP contribution in [0.4, 0.5) is 0 Å². The van der Waals surface area contributed by atoms with Gasteiger partial charge in [-0.05, 0) is 31.0 Å². The number of ether oxygens (including phenoxy) is 2. The lowest BCUT2D eigenvalue weighted by molar-refractivity contribution is -0.139. The molecule has 30 heavy (non-hydrogen) atoms. The average molecular weight is 409 g/mol. The van der Waals surface area contributed by atoms with Crippen LogP contribution < -0.4 is 9.47 Å². The van der Waals surface area contributed by atoms with E-state index in [1.54, 1.807) is 37.4 Å². The molecule has 0 spiro atoms. The minimum Gasteiger partial charge on any atom is -0.507 e. The van der Waals surface area contributed by atoms with Gasteiger partial charge >= 0.3 is 0 Å². The highest BCUT2D eigenvalue weighted by atomic mass is 16.5. The Bertz CT molecular complexity index is 978. The predicted octanol–water partition coefficient (Wildman–Crippen LogP) is 4.23. The number of ketones is 1. The molecule has 0 radical (unpaired) electrons. The minimum atomic E-state index is -0.697. The van der Waals surface area contributed by atoms with Gasteiger partial charge in [-0.1, -0.05) is 49.2 Å². The van der Waals surface area contributed by atoms with Crippen molar-refractivity contribution in [2.75, 3.05) is 20.8 Å². The van der Waals surface area contributed by atoms with E-state index in [9.17, 15) is 14.7 Å². The molecule has 1 fully saturated rings. The summed E-state index contributed by atoms with van der Waals surface area (Å²) in [6, 6.07) is 11.8. The summed E-state index contributed by atoms with van der Waals surface area (Å²) in [6.07, 6.45) is 1.63. The smallest absolute Gasteiger partial charge is 0.295 e. The highest BCUT2D eigenvalue weighted by molar-refractivity contribution is 6.46. The summed E-state index contributed by atoms with van der Waals surface area (Å²) in [5, 5.41) is 11.0. The van der Waals surface area contributed by atoms with E-state index >= 15 is 0 Å². The molecule has 0 aromatic heterocycles. The fraction of sp³-hybridized carbons (Fsp3) is 0.333. The van der Waals surface area contributed by atoms with Crippen molar-refractivity contribution in [3.8, 4) is 11.5 Å². The molecule has 1 atom stereocenters. The van der Waals surface area contributed by atoms with Crippen LogP contribution in [0.2, 0.25) is 0 Å². The molecule has 0 saturated carbocycles. The molecule has 2 aromatic rings. The van der Waals surface area contributed by atoms with Crippen molar-refractivity contribution in [1.82, 2.24) is 4.90 Å². The Morgan fingerprint density at radius 2 is 1.70 bits per heavy atom. The number of methoxy groups -OCH3 is 2. The third-order valence-electron chi connectivity index (χ3n) is 5.34. The standard InChI is InChI=1S/C24H27NO5/c1-5-6-13-25-21(17-11-12-18(29-3)19(14-17)30-4)20(23(27)24(25)28)22(26)16-9-7-15(2)8-10-16/h7-12,14,21,26H,5-6,13H2,1-4H3/b22-20+/t21-/m0/s1. The third kappa shape index (κ3) is 3.90. The number of rotatable bonds is 7. The molecule has 1 N–H and O–H groups in total.